The van der Waals surface area contributed by atoms with Crippen LogP contribution in [0, 0.1) is 6.92 Å². The number of hydrogen-bond acceptors (Lipinski definition) is 7. The SMILES string of the molecule is CCOC(=O)NC(=O)c1cc(C)sc1NC(=O)c1nc2ccccc2s1. The standard InChI is InChI=1S/C17H15N3O4S2/c1-3-24-17(23)20-13(21)10-8-9(2)25-15(10)19-14(22)16-18-11-6-4-5-7-12(11)26-16/h4-8H,3H2,1-2H3,(H,19,22)(H,20,21,23). The van der Waals surface area contributed by atoms with Gasteiger partial charge in [-0.2, -0.15) is 0 Å². The quantitative estimate of drug-likeness (QED) is 0.707. The normalized spacial score (nSPS) is 10.5. The molecule has 0 bridgehead atoms. The van der Waals surface area contributed by atoms with Crippen LogP contribution in [-0.2, 0) is 4.74 Å². The Morgan fingerprint density at radius 2 is 1.92 bits per heavy atom. The first kappa shape index (κ1) is 18.0. The molecule has 7 nitrogen and oxygen atoms in total. The maximum Gasteiger partial charge on any atom is 0.414 e. The van der Waals surface area contributed by atoms with Gasteiger partial charge in [-0.05, 0) is 32.0 Å². The lowest BCUT2D eigenvalue weighted by Gasteiger charge is -2.05. The number of aryl methyl sites for hydroxylation is 1. The molecule has 134 valence electrons. The van der Waals surface area contributed by atoms with Crippen molar-refractivity contribution in [3.05, 3.63) is 45.8 Å². The lowest BCUT2D eigenvalue weighted by atomic mass is 10.2. The summed E-state index contributed by atoms with van der Waals surface area (Å²) in [5.41, 5.74) is 0.945. The Labute approximate surface area is 157 Å². The molecule has 26 heavy (non-hydrogen) atoms. The number of fused-ring (bicyclic) bond motifs is 1. The van der Waals surface area contributed by atoms with E-state index < -0.39 is 17.9 Å². The lowest BCUT2D eigenvalue weighted by molar-refractivity contribution is 0.0926. The van der Waals surface area contributed by atoms with Crippen molar-refractivity contribution in [2.24, 2.45) is 0 Å². The van der Waals surface area contributed by atoms with E-state index in [4.69, 9.17) is 4.74 Å². The van der Waals surface area contributed by atoms with Gasteiger partial charge in [0.15, 0.2) is 5.01 Å². The molecule has 0 spiro atoms. The summed E-state index contributed by atoms with van der Waals surface area (Å²) >= 11 is 2.51. The van der Waals surface area contributed by atoms with Crippen LogP contribution in [0.2, 0.25) is 0 Å². The van der Waals surface area contributed by atoms with Crippen molar-refractivity contribution in [3.63, 3.8) is 0 Å². The van der Waals surface area contributed by atoms with Gasteiger partial charge in [-0.1, -0.05) is 12.1 Å². The Kier molecular flexibility index (Phi) is 5.29. The van der Waals surface area contributed by atoms with Crippen LogP contribution in [0.1, 0.15) is 32.0 Å². The molecule has 2 heterocycles. The molecular weight excluding hydrogens is 374 g/mol. The highest BCUT2D eigenvalue weighted by Gasteiger charge is 2.21. The van der Waals surface area contributed by atoms with Crippen molar-refractivity contribution in [1.29, 1.82) is 0 Å². The summed E-state index contributed by atoms with van der Waals surface area (Å²) in [6.45, 7) is 3.60. The van der Waals surface area contributed by atoms with Crippen LogP contribution >= 0.6 is 22.7 Å². The van der Waals surface area contributed by atoms with Crippen molar-refractivity contribution in [1.82, 2.24) is 10.3 Å². The molecule has 1 aromatic carbocycles. The fraction of sp³-hybridized carbons (Fsp3) is 0.176. The number of anilines is 1. The first-order valence-electron chi connectivity index (χ1n) is 7.73. The summed E-state index contributed by atoms with van der Waals surface area (Å²) in [4.78, 5) is 41.3. The van der Waals surface area contributed by atoms with Gasteiger partial charge in [-0.3, -0.25) is 14.9 Å². The molecule has 0 aliphatic rings. The first-order chi connectivity index (χ1) is 12.5. The van der Waals surface area contributed by atoms with E-state index in [0.717, 1.165) is 15.1 Å². The molecule has 0 fully saturated rings. The summed E-state index contributed by atoms with van der Waals surface area (Å²) in [5.74, 6) is -1.04. The highest BCUT2D eigenvalue weighted by Crippen LogP contribution is 2.29. The van der Waals surface area contributed by atoms with Gasteiger partial charge >= 0.3 is 6.09 Å². The second kappa shape index (κ2) is 7.63. The molecule has 3 amide bonds. The van der Waals surface area contributed by atoms with Gasteiger partial charge in [0, 0.05) is 4.88 Å². The Bertz CT molecular complexity index is 960. The number of hydrogen-bond donors (Lipinski definition) is 2. The lowest BCUT2D eigenvalue weighted by Crippen LogP contribution is -2.31. The topological polar surface area (TPSA) is 97.4 Å². The number of ether oxygens (including phenoxy) is 1. The van der Waals surface area contributed by atoms with E-state index in [0.29, 0.717) is 10.0 Å². The van der Waals surface area contributed by atoms with Gasteiger partial charge in [-0.15, -0.1) is 22.7 Å². The van der Waals surface area contributed by atoms with E-state index in [9.17, 15) is 14.4 Å². The summed E-state index contributed by atoms with van der Waals surface area (Å²) in [6, 6.07) is 9.05. The van der Waals surface area contributed by atoms with Crippen molar-refractivity contribution >= 4 is 55.8 Å². The smallest absolute Gasteiger partial charge is 0.414 e. The average molecular weight is 389 g/mol. The number of imide groups is 1. The molecule has 0 unspecified atom stereocenters. The second-order valence-corrected chi connectivity index (χ2v) is 7.50. The molecular formula is C17H15N3O4S2. The summed E-state index contributed by atoms with van der Waals surface area (Å²) in [6.07, 6.45) is -0.829. The Morgan fingerprint density at radius 3 is 2.65 bits per heavy atom. The highest BCUT2D eigenvalue weighted by atomic mass is 32.1. The zero-order valence-corrected chi connectivity index (χ0v) is 15.6. The Morgan fingerprint density at radius 1 is 1.15 bits per heavy atom. The molecule has 2 N–H and O–H groups in total. The predicted octanol–water partition coefficient (Wildman–Crippen LogP) is 3.80. The first-order valence-corrected chi connectivity index (χ1v) is 9.36. The van der Waals surface area contributed by atoms with E-state index in [1.165, 1.54) is 22.7 Å². The summed E-state index contributed by atoms with van der Waals surface area (Å²) in [7, 11) is 0. The van der Waals surface area contributed by atoms with Gasteiger partial charge in [0.1, 0.15) is 5.00 Å². The van der Waals surface area contributed by atoms with Crippen LogP contribution < -0.4 is 10.6 Å². The van der Waals surface area contributed by atoms with E-state index in [2.05, 4.69) is 15.6 Å². The number of carbonyl (C=O) groups is 3. The average Bonchev–Trinajstić information content (AvgIpc) is 3.18. The molecule has 0 atom stereocenters. The maximum absolute atomic E-state index is 12.5. The maximum atomic E-state index is 12.5. The second-order valence-electron chi connectivity index (χ2n) is 5.22. The minimum absolute atomic E-state index is 0.156. The van der Waals surface area contributed by atoms with Gasteiger partial charge in [0.25, 0.3) is 11.8 Å². The predicted molar refractivity (Wildman–Crippen MR) is 101 cm³/mol. The van der Waals surface area contributed by atoms with Crippen LogP contribution in [-0.4, -0.2) is 29.5 Å². The van der Waals surface area contributed by atoms with Crippen LogP contribution in [0.3, 0.4) is 0 Å². The van der Waals surface area contributed by atoms with Crippen LogP contribution in [0.4, 0.5) is 9.80 Å². The fourth-order valence-corrected chi connectivity index (χ4v) is 3.99. The monoisotopic (exact) mass is 389 g/mol. The minimum atomic E-state index is -0.829. The van der Waals surface area contributed by atoms with Crippen molar-refractivity contribution < 1.29 is 19.1 Å². The number of thiophene rings is 1. The number of aromatic nitrogens is 1. The van der Waals surface area contributed by atoms with Crippen LogP contribution in [0.5, 0.6) is 0 Å². The molecule has 0 aliphatic carbocycles. The molecule has 0 saturated heterocycles. The number of alkyl carbamates (subject to hydrolysis) is 1. The van der Waals surface area contributed by atoms with E-state index in [1.54, 1.807) is 19.9 Å². The van der Waals surface area contributed by atoms with Gasteiger partial charge in [0.2, 0.25) is 0 Å². The third kappa shape index (κ3) is 3.89. The number of amides is 3. The molecule has 0 aliphatic heterocycles. The largest absolute Gasteiger partial charge is 0.450 e. The van der Waals surface area contributed by atoms with Crippen LogP contribution in [0.25, 0.3) is 10.2 Å². The highest BCUT2D eigenvalue weighted by molar-refractivity contribution is 7.20. The Balaban J connectivity index is 1.80. The van der Waals surface area contributed by atoms with Crippen molar-refractivity contribution in [2.45, 2.75) is 13.8 Å². The van der Waals surface area contributed by atoms with Crippen molar-refractivity contribution in [2.75, 3.05) is 11.9 Å². The molecule has 0 radical (unpaired) electrons. The fourth-order valence-electron chi connectivity index (χ4n) is 2.23. The number of nitrogens with one attached hydrogen (secondary N) is 2. The molecule has 2 aromatic heterocycles. The van der Waals surface area contributed by atoms with E-state index in [1.807, 2.05) is 24.3 Å². The number of nitrogens with zero attached hydrogens (tertiary/aromatic N) is 1. The molecule has 9 heteroatoms. The number of benzene rings is 1. The van der Waals surface area contributed by atoms with Gasteiger partial charge < -0.3 is 10.1 Å². The molecule has 0 saturated carbocycles. The zero-order chi connectivity index (χ0) is 18.7. The zero-order valence-electron chi connectivity index (χ0n) is 14.0. The summed E-state index contributed by atoms with van der Waals surface area (Å²) < 4.78 is 5.60. The number of para-hydroxylation sites is 1. The van der Waals surface area contributed by atoms with Gasteiger partial charge in [0.05, 0.1) is 22.4 Å². The minimum Gasteiger partial charge on any atom is -0.450 e. The van der Waals surface area contributed by atoms with Crippen LogP contribution in [0.15, 0.2) is 30.3 Å². The number of rotatable bonds is 4. The number of carbonyl (C=O) groups excluding carboxylic acids is 3. The van der Waals surface area contributed by atoms with Gasteiger partial charge in [-0.25, -0.2) is 9.78 Å². The number of thiazole rings is 1. The molecule has 3 rings (SSSR count). The molecule has 3 aromatic rings. The third-order valence-electron chi connectivity index (χ3n) is 3.31. The van der Waals surface area contributed by atoms with E-state index >= 15 is 0 Å². The van der Waals surface area contributed by atoms with E-state index in [-0.39, 0.29) is 12.2 Å². The summed E-state index contributed by atoms with van der Waals surface area (Å²) in [5, 5.41) is 5.49. The third-order valence-corrected chi connectivity index (χ3v) is 5.31. The Hall–Kier alpha value is -2.78. The van der Waals surface area contributed by atoms with Crippen molar-refractivity contribution in [3.8, 4) is 0 Å².